The predicted octanol–water partition coefficient (Wildman–Crippen LogP) is 3.51. The van der Waals surface area contributed by atoms with Crippen molar-refractivity contribution < 1.29 is 14.3 Å². The number of amides is 1. The van der Waals surface area contributed by atoms with Gasteiger partial charge < -0.3 is 20.1 Å². The summed E-state index contributed by atoms with van der Waals surface area (Å²) in [5, 5.41) is 14.0. The maximum atomic E-state index is 12.3. The minimum absolute atomic E-state index is 0.225. The lowest BCUT2D eigenvalue weighted by Gasteiger charge is -2.08. The number of nitrogens with zero attached hydrogens (tertiary/aromatic N) is 2. The van der Waals surface area contributed by atoms with Gasteiger partial charge in [0, 0.05) is 17.4 Å². The summed E-state index contributed by atoms with van der Waals surface area (Å²) in [6.45, 7) is 2.16. The van der Waals surface area contributed by atoms with Crippen LogP contribution in [0.3, 0.4) is 0 Å². The molecule has 0 radical (unpaired) electrons. The van der Waals surface area contributed by atoms with Gasteiger partial charge in [0.25, 0.3) is 5.91 Å². The SMILES string of the molecule is Cc1ccccc1NC(=O)c1ccc(Nc2ccc3c(c2)OCO3)nn1. The number of para-hydroxylation sites is 1. The van der Waals surface area contributed by atoms with Crippen LogP contribution in [-0.4, -0.2) is 22.9 Å². The van der Waals surface area contributed by atoms with E-state index < -0.39 is 0 Å². The van der Waals surface area contributed by atoms with E-state index >= 15 is 0 Å². The molecule has 130 valence electrons. The summed E-state index contributed by atoms with van der Waals surface area (Å²) in [6.07, 6.45) is 0. The molecular formula is C19H16N4O3. The molecule has 1 aromatic heterocycles. The Kier molecular flexibility index (Phi) is 4.10. The molecule has 0 unspecified atom stereocenters. The van der Waals surface area contributed by atoms with Crippen LogP contribution in [0.2, 0.25) is 0 Å². The third-order valence-corrected chi connectivity index (χ3v) is 3.94. The van der Waals surface area contributed by atoms with E-state index in [1.165, 1.54) is 0 Å². The van der Waals surface area contributed by atoms with E-state index in [0.717, 1.165) is 16.9 Å². The van der Waals surface area contributed by atoms with Crippen molar-refractivity contribution in [3.05, 3.63) is 65.9 Å². The molecule has 0 spiro atoms. The summed E-state index contributed by atoms with van der Waals surface area (Å²) in [6, 6.07) is 16.4. The molecule has 1 aliphatic heterocycles. The molecule has 0 fully saturated rings. The molecule has 2 N–H and O–H groups in total. The molecule has 4 rings (SSSR count). The molecule has 2 aromatic carbocycles. The summed E-state index contributed by atoms with van der Waals surface area (Å²) in [4.78, 5) is 12.3. The third-order valence-electron chi connectivity index (χ3n) is 3.94. The van der Waals surface area contributed by atoms with Gasteiger partial charge in [-0.05, 0) is 42.8 Å². The predicted molar refractivity (Wildman–Crippen MR) is 97.0 cm³/mol. The quantitative estimate of drug-likeness (QED) is 0.750. The average Bonchev–Trinajstić information content (AvgIpc) is 3.12. The summed E-state index contributed by atoms with van der Waals surface area (Å²) in [5.74, 6) is 1.61. The monoisotopic (exact) mass is 348 g/mol. The van der Waals surface area contributed by atoms with Crippen molar-refractivity contribution in [2.75, 3.05) is 17.4 Å². The lowest BCUT2D eigenvalue weighted by Crippen LogP contribution is -2.15. The smallest absolute Gasteiger partial charge is 0.276 e. The third kappa shape index (κ3) is 3.27. The van der Waals surface area contributed by atoms with Crippen molar-refractivity contribution >= 4 is 23.1 Å². The molecular weight excluding hydrogens is 332 g/mol. The van der Waals surface area contributed by atoms with E-state index in [4.69, 9.17) is 9.47 Å². The lowest BCUT2D eigenvalue weighted by molar-refractivity contribution is 0.102. The zero-order valence-electron chi connectivity index (χ0n) is 14.0. The van der Waals surface area contributed by atoms with Crippen LogP contribution < -0.4 is 20.1 Å². The zero-order valence-corrected chi connectivity index (χ0v) is 14.0. The molecule has 0 saturated heterocycles. The fourth-order valence-electron chi connectivity index (χ4n) is 2.54. The Morgan fingerprint density at radius 1 is 1.00 bits per heavy atom. The lowest BCUT2D eigenvalue weighted by atomic mass is 10.2. The van der Waals surface area contributed by atoms with Crippen LogP contribution in [0.4, 0.5) is 17.2 Å². The second-order valence-corrected chi connectivity index (χ2v) is 5.77. The second kappa shape index (κ2) is 6.72. The number of benzene rings is 2. The number of nitrogens with one attached hydrogen (secondary N) is 2. The molecule has 0 saturated carbocycles. The first-order valence-corrected chi connectivity index (χ1v) is 8.06. The Morgan fingerprint density at radius 2 is 1.85 bits per heavy atom. The molecule has 7 heteroatoms. The zero-order chi connectivity index (χ0) is 17.9. The number of rotatable bonds is 4. The molecule has 0 atom stereocenters. The van der Waals surface area contributed by atoms with E-state index in [-0.39, 0.29) is 18.4 Å². The standard InChI is InChI=1S/C19H16N4O3/c1-12-4-2-3-5-14(12)21-19(24)15-7-9-18(23-22-15)20-13-6-8-16-17(10-13)26-11-25-16/h2-10H,11H2,1H3,(H,20,23)(H,21,24). The van der Waals surface area contributed by atoms with Gasteiger partial charge in [0.2, 0.25) is 6.79 Å². The summed E-state index contributed by atoms with van der Waals surface area (Å²) >= 11 is 0. The Morgan fingerprint density at radius 3 is 2.65 bits per heavy atom. The van der Waals surface area contributed by atoms with Crippen molar-refractivity contribution in [1.29, 1.82) is 0 Å². The van der Waals surface area contributed by atoms with Crippen molar-refractivity contribution in [1.82, 2.24) is 10.2 Å². The fourth-order valence-corrected chi connectivity index (χ4v) is 2.54. The van der Waals surface area contributed by atoms with E-state index in [0.29, 0.717) is 17.3 Å². The molecule has 1 aliphatic rings. The highest BCUT2D eigenvalue weighted by Gasteiger charge is 2.14. The van der Waals surface area contributed by atoms with Crippen LogP contribution in [-0.2, 0) is 0 Å². The Hall–Kier alpha value is -3.61. The van der Waals surface area contributed by atoms with Crippen LogP contribution in [0.15, 0.2) is 54.6 Å². The maximum Gasteiger partial charge on any atom is 0.276 e. The van der Waals surface area contributed by atoms with Crippen LogP contribution in [0.25, 0.3) is 0 Å². The van der Waals surface area contributed by atoms with Crippen LogP contribution in [0.5, 0.6) is 11.5 Å². The second-order valence-electron chi connectivity index (χ2n) is 5.77. The van der Waals surface area contributed by atoms with Crippen molar-refractivity contribution in [2.45, 2.75) is 6.92 Å². The van der Waals surface area contributed by atoms with Gasteiger partial charge in [-0.2, -0.15) is 0 Å². The normalized spacial score (nSPS) is 11.9. The van der Waals surface area contributed by atoms with Gasteiger partial charge in [0.05, 0.1) is 0 Å². The van der Waals surface area contributed by atoms with Crippen molar-refractivity contribution in [3.8, 4) is 11.5 Å². The number of hydrogen-bond donors (Lipinski definition) is 2. The van der Waals surface area contributed by atoms with E-state index in [1.807, 2.05) is 49.4 Å². The van der Waals surface area contributed by atoms with Gasteiger partial charge in [-0.1, -0.05) is 18.2 Å². The fraction of sp³-hybridized carbons (Fsp3) is 0.105. The molecule has 26 heavy (non-hydrogen) atoms. The first-order chi connectivity index (χ1) is 12.7. The van der Waals surface area contributed by atoms with Gasteiger partial charge in [0.15, 0.2) is 23.0 Å². The summed E-state index contributed by atoms with van der Waals surface area (Å²) in [5.41, 5.74) is 2.77. The molecule has 1 amide bonds. The summed E-state index contributed by atoms with van der Waals surface area (Å²) in [7, 11) is 0. The first-order valence-electron chi connectivity index (χ1n) is 8.06. The summed E-state index contributed by atoms with van der Waals surface area (Å²) < 4.78 is 10.6. The van der Waals surface area contributed by atoms with Crippen LogP contribution in [0, 0.1) is 6.92 Å². The number of carbonyl (C=O) groups excluding carboxylic acids is 1. The maximum absolute atomic E-state index is 12.3. The number of hydrogen-bond acceptors (Lipinski definition) is 6. The number of fused-ring (bicyclic) bond motifs is 1. The van der Waals surface area contributed by atoms with E-state index in [9.17, 15) is 4.79 Å². The van der Waals surface area contributed by atoms with Crippen molar-refractivity contribution in [3.63, 3.8) is 0 Å². The Balaban J connectivity index is 1.45. The van der Waals surface area contributed by atoms with Crippen molar-refractivity contribution in [2.24, 2.45) is 0 Å². The number of aryl methyl sites for hydroxylation is 1. The molecule has 3 aromatic rings. The molecule has 7 nitrogen and oxygen atoms in total. The highest BCUT2D eigenvalue weighted by atomic mass is 16.7. The van der Waals surface area contributed by atoms with Gasteiger partial charge >= 0.3 is 0 Å². The molecule has 0 bridgehead atoms. The minimum atomic E-state index is -0.304. The Bertz CT molecular complexity index is 957. The van der Waals surface area contributed by atoms with Crippen LogP contribution >= 0.6 is 0 Å². The number of aromatic nitrogens is 2. The first kappa shape index (κ1) is 15.9. The number of carbonyl (C=O) groups is 1. The van der Waals surface area contributed by atoms with Gasteiger partial charge in [-0.15, -0.1) is 10.2 Å². The average molecular weight is 348 g/mol. The molecule has 2 heterocycles. The topological polar surface area (TPSA) is 85.4 Å². The van der Waals surface area contributed by atoms with Gasteiger partial charge in [0.1, 0.15) is 0 Å². The number of ether oxygens (including phenoxy) is 2. The number of anilines is 3. The van der Waals surface area contributed by atoms with E-state index in [1.54, 1.807) is 12.1 Å². The van der Waals surface area contributed by atoms with E-state index in [2.05, 4.69) is 20.8 Å². The highest BCUT2D eigenvalue weighted by Crippen LogP contribution is 2.34. The highest BCUT2D eigenvalue weighted by molar-refractivity contribution is 6.03. The Labute approximate surface area is 150 Å². The van der Waals surface area contributed by atoms with Gasteiger partial charge in [-0.25, -0.2) is 0 Å². The van der Waals surface area contributed by atoms with Crippen LogP contribution in [0.1, 0.15) is 16.1 Å². The molecule has 0 aliphatic carbocycles. The minimum Gasteiger partial charge on any atom is -0.454 e. The van der Waals surface area contributed by atoms with Gasteiger partial charge in [-0.3, -0.25) is 4.79 Å². The largest absolute Gasteiger partial charge is 0.454 e.